The van der Waals surface area contributed by atoms with Crippen LogP contribution >= 0.6 is 23.5 Å². The average molecular weight is 1700 g/mol. The molecule has 14 aliphatic heterocycles. The number of hydrogen-bond acceptors (Lipinski definition) is 30. The van der Waals surface area contributed by atoms with Crippen LogP contribution in [-0.4, -0.2) is 175 Å². The molecule has 4 saturated heterocycles. The molecular formula is C92H93N7O21S2. The highest BCUT2D eigenvalue weighted by Gasteiger charge is 2.63. The van der Waals surface area contributed by atoms with E-state index < -0.39 is 100 Å². The van der Waals surface area contributed by atoms with E-state index in [1.54, 1.807) is 36.4 Å². The van der Waals surface area contributed by atoms with Crippen molar-refractivity contribution in [3.05, 3.63) is 209 Å². The topological polar surface area (TPSA) is 359 Å². The maximum absolute atomic E-state index is 14.9. The standard InChI is InChI=1S/C46H44N4O10S.C45H45N3O11S.CH4/c1-22-14-26-15-28-29(18-47)50-30-19-57-45(54)46(27-17-32(55-3)31(51)16-25(27)12-13-48-46)20-61-44(38(50)37(49-28)34(26)39(53)40(22)56-4)36-35(30)43-42(58-21-59-43)23(2)41(36)60-33(52)11-10-24-8-6-5-7-9-24;1-21-14-25-15-27-43(52)48-28-18-56-44(53)45(26-17-30(54-3)29(49)16-24(26)12-13-46-45)19-60-42(36(48)35(47-27)32(25)37(51)38(21)55-4)34-33(28)41-40(57-20-58-41)22(2)39(34)59-31(50)11-10-23-8-6-5-7-9-23;/h5-11,14,16-17,28-30,37-38,44,48-49,51,53H,12-13,15,19-21H2,1-4H3;5-11,14,16-17,27-28,35-36,42-43,46-47,49,51-52H,12-13,15,18-20H2,1-4H3;1H4/b2*11-10+;/t28-,29-,30-,37+,38?,44+,46+;27-,28-,35+,36?,42+,43-,45+;/m00./s1. The molecule has 0 aromatic heterocycles. The van der Waals surface area contributed by atoms with Crippen molar-refractivity contribution >= 4 is 59.6 Å². The second-order valence-electron chi connectivity index (χ2n) is 32.3. The maximum atomic E-state index is 14.9. The second kappa shape index (κ2) is 31.8. The molecule has 634 valence electrons. The third kappa shape index (κ3) is 12.9. The van der Waals surface area contributed by atoms with Gasteiger partial charge in [-0.1, -0.05) is 80.2 Å². The Kier molecular flexibility index (Phi) is 21.3. The largest absolute Gasteiger partial charge is 0.504 e. The van der Waals surface area contributed by atoms with Gasteiger partial charge in [0.25, 0.3) is 0 Å². The predicted octanol–water partition coefficient (Wildman–Crippen LogP) is 10.7. The Bertz CT molecular complexity index is 5750. The van der Waals surface area contributed by atoms with Crippen molar-refractivity contribution in [3.8, 4) is 86.6 Å². The van der Waals surface area contributed by atoms with Gasteiger partial charge in [-0.15, -0.1) is 23.5 Å². The van der Waals surface area contributed by atoms with Crippen LogP contribution in [0.15, 0.2) is 109 Å². The van der Waals surface area contributed by atoms with E-state index in [9.17, 15) is 50.0 Å². The maximum Gasteiger partial charge on any atom is 0.336 e. The van der Waals surface area contributed by atoms with Gasteiger partial charge in [-0.05, 0) is 145 Å². The van der Waals surface area contributed by atoms with Crippen LogP contribution in [0.4, 0.5) is 0 Å². The van der Waals surface area contributed by atoms with Crippen molar-refractivity contribution in [2.24, 2.45) is 0 Å². The van der Waals surface area contributed by atoms with Gasteiger partial charge in [-0.2, -0.15) is 5.26 Å². The van der Waals surface area contributed by atoms with Gasteiger partial charge >= 0.3 is 23.9 Å². The van der Waals surface area contributed by atoms with E-state index in [1.165, 1.54) is 64.1 Å². The molecule has 8 aromatic rings. The number of nitrogens with zero attached hydrogens (tertiary/aromatic N) is 3. The van der Waals surface area contributed by atoms with E-state index in [1.807, 2.05) is 105 Å². The Labute approximate surface area is 712 Å². The fraction of sp³-hybridized carbons (Fsp3) is 0.380. The van der Waals surface area contributed by atoms with E-state index in [0.29, 0.717) is 129 Å². The predicted molar refractivity (Wildman–Crippen MR) is 450 cm³/mol. The monoisotopic (exact) mass is 1700 g/mol. The number of ether oxygens (including phenoxy) is 12. The molecule has 30 heteroatoms. The Morgan fingerprint density at radius 1 is 0.533 bits per heavy atom. The number of aryl methyl sites for hydroxylation is 2. The number of aliphatic hydroxyl groups is 1. The number of esters is 4. The van der Waals surface area contributed by atoms with Gasteiger partial charge in [0.2, 0.25) is 13.6 Å². The molecule has 8 aromatic carbocycles. The van der Waals surface area contributed by atoms with Crippen molar-refractivity contribution < 1.29 is 102 Å². The van der Waals surface area contributed by atoms with Crippen LogP contribution in [-0.2, 0) is 65.4 Å². The summed E-state index contributed by atoms with van der Waals surface area (Å²) in [6.45, 7) is 7.66. The first kappa shape index (κ1) is 81.6. The first-order valence-electron chi connectivity index (χ1n) is 40.3. The summed E-state index contributed by atoms with van der Waals surface area (Å²) < 4.78 is 73.1. The minimum absolute atomic E-state index is 0. The SMILES string of the molecule is C.COc1cc2c(cc1O)CCN[C@]21CS[C@@H]2c3c(OC(=O)/C=C/c4ccccc4)c(C)c4c(c3[C@H](COC1=O)N1C2[C@@H]2N[C@@H](Cc3cc(C)c(OC)c(O)c32)[C@@H]1C#N)OCO4.COc1cc2c(cc1O)CCN[C@]21CS[C@@H]2c3c(OC(=O)/C=C/c4ccccc4)c(C)c4c(c3[C@H](COC1=O)N1C2[C@@H]2N[C@@H](Cc3cc(C)c(OC)c(O)c32)[C@@H]1O)OCO4. The number of aromatic hydroxyl groups is 4. The lowest BCUT2D eigenvalue weighted by Crippen LogP contribution is -2.69. The van der Waals surface area contributed by atoms with Crippen molar-refractivity contribution in [3.63, 3.8) is 0 Å². The number of benzene rings is 8. The van der Waals surface area contributed by atoms with Crippen LogP contribution in [0.25, 0.3) is 12.2 Å². The molecule has 14 aliphatic rings. The number of phenols is 4. The molecule has 8 bridgehead atoms. The van der Waals surface area contributed by atoms with Crippen LogP contribution < -0.4 is 68.6 Å². The van der Waals surface area contributed by atoms with Crippen LogP contribution in [0.3, 0.4) is 0 Å². The summed E-state index contributed by atoms with van der Waals surface area (Å²) in [6.07, 6.45) is 7.01. The first-order valence-corrected chi connectivity index (χ1v) is 42.4. The number of carbonyl (C=O) groups is 4. The number of thioether (sulfide) groups is 2. The van der Waals surface area contributed by atoms with Crippen LogP contribution in [0.2, 0.25) is 0 Å². The summed E-state index contributed by atoms with van der Waals surface area (Å²) in [7, 11) is 5.97. The molecule has 14 heterocycles. The van der Waals surface area contributed by atoms with Gasteiger partial charge in [-0.3, -0.25) is 20.4 Å². The Hall–Kier alpha value is -11.4. The van der Waals surface area contributed by atoms with Gasteiger partial charge in [0.1, 0.15) is 37.0 Å². The lowest BCUT2D eigenvalue weighted by molar-refractivity contribution is -0.164. The van der Waals surface area contributed by atoms with Gasteiger partial charge in [0.15, 0.2) is 80.1 Å². The highest BCUT2D eigenvalue weighted by molar-refractivity contribution is 7.99. The van der Waals surface area contributed by atoms with E-state index in [-0.39, 0.29) is 97.8 Å². The summed E-state index contributed by atoms with van der Waals surface area (Å²) in [6, 6.07) is 26.6. The fourth-order valence-corrected chi connectivity index (χ4v) is 24.2. The van der Waals surface area contributed by atoms with Crippen molar-refractivity contribution in [2.45, 2.75) is 143 Å². The van der Waals surface area contributed by atoms with Crippen LogP contribution in [0, 0.1) is 39.0 Å². The smallest absolute Gasteiger partial charge is 0.336 e. The van der Waals surface area contributed by atoms with E-state index in [0.717, 1.165) is 44.5 Å². The van der Waals surface area contributed by atoms with Gasteiger partial charge < -0.3 is 93.0 Å². The summed E-state index contributed by atoms with van der Waals surface area (Å²) in [4.78, 5) is 61.7. The number of nitrogens with one attached hydrogen (secondary N) is 4. The van der Waals surface area contributed by atoms with E-state index in [4.69, 9.17) is 56.8 Å². The Morgan fingerprint density at radius 2 is 0.959 bits per heavy atom. The number of carbonyl (C=O) groups excluding carboxylic acids is 4. The molecule has 14 atom stereocenters. The highest BCUT2D eigenvalue weighted by Crippen LogP contribution is 2.67. The zero-order valence-corrected chi connectivity index (χ0v) is 69.0. The van der Waals surface area contributed by atoms with E-state index >= 15 is 0 Å². The average Bonchev–Trinajstić information content (AvgIpc) is 0.833. The molecule has 0 aliphatic carbocycles. The second-order valence-corrected chi connectivity index (χ2v) is 34.6. The Balaban J connectivity index is 0.000000165. The number of rotatable bonds is 10. The minimum Gasteiger partial charge on any atom is -0.504 e. The van der Waals surface area contributed by atoms with Crippen molar-refractivity contribution in [2.75, 3.05) is 79.8 Å². The number of phenolic OH excluding ortho intramolecular Hbond substituents is 4. The third-order valence-corrected chi connectivity index (χ3v) is 29.0. The molecule has 122 heavy (non-hydrogen) atoms. The zero-order chi connectivity index (χ0) is 83.9. The fourth-order valence-electron chi connectivity index (χ4n) is 20.8. The summed E-state index contributed by atoms with van der Waals surface area (Å²) in [5.74, 6) is 1.30. The molecule has 2 spiro atoms. The molecule has 4 fully saturated rings. The van der Waals surface area contributed by atoms with Gasteiger partial charge in [-0.25, -0.2) is 19.2 Å². The number of aliphatic hydroxyl groups excluding tert-OH is 1. The molecule has 0 amide bonds. The van der Waals surface area contributed by atoms with Gasteiger partial charge in [0, 0.05) is 99.4 Å². The summed E-state index contributed by atoms with van der Waals surface area (Å²) in [5.41, 5.74) is 9.88. The molecule has 22 rings (SSSR count). The molecule has 0 radical (unpaired) electrons. The lowest BCUT2D eigenvalue weighted by Gasteiger charge is -2.59. The summed E-state index contributed by atoms with van der Waals surface area (Å²) in [5, 5.41) is 82.6. The van der Waals surface area contributed by atoms with Gasteiger partial charge in [0.05, 0.1) is 75.2 Å². The normalized spacial score (nSPS) is 27.0. The number of nitriles is 1. The summed E-state index contributed by atoms with van der Waals surface area (Å²) >= 11 is 2.90. The molecule has 9 N–H and O–H groups in total. The first-order chi connectivity index (χ1) is 58.6. The van der Waals surface area contributed by atoms with Crippen molar-refractivity contribution in [1.82, 2.24) is 31.1 Å². The highest BCUT2D eigenvalue weighted by atomic mass is 32.2. The quantitative estimate of drug-likeness (QED) is 0.0349. The van der Waals surface area contributed by atoms with Crippen LogP contribution in [0.1, 0.15) is 142 Å². The molecular weight excluding hydrogens is 1600 g/mol. The minimum atomic E-state index is -1.39. The Morgan fingerprint density at radius 3 is 1.40 bits per heavy atom. The third-order valence-electron chi connectivity index (χ3n) is 26.0. The van der Waals surface area contributed by atoms with Crippen molar-refractivity contribution in [1.29, 1.82) is 5.26 Å². The van der Waals surface area contributed by atoms with E-state index in [2.05, 4.69) is 32.2 Å². The molecule has 2 unspecified atom stereocenters. The number of methoxy groups -OCH3 is 4. The number of hydrogen-bond donors (Lipinski definition) is 9. The number of fused-ring (bicyclic) bond motifs is 18. The zero-order valence-electron chi connectivity index (χ0n) is 67.4. The molecule has 28 nitrogen and oxygen atoms in total. The molecule has 0 saturated carbocycles. The number of piperazine rings is 2. The lowest BCUT2D eigenvalue weighted by atomic mass is 9.72. The van der Waals surface area contributed by atoms with Crippen LogP contribution in [0.5, 0.6) is 80.5 Å².